The van der Waals surface area contributed by atoms with Gasteiger partial charge in [0.05, 0.1) is 5.56 Å². The third kappa shape index (κ3) is 9.78. The van der Waals surface area contributed by atoms with Gasteiger partial charge < -0.3 is 15.5 Å². The molecule has 1 saturated heterocycles. The van der Waals surface area contributed by atoms with Crippen molar-refractivity contribution in [2.24, 2.45) is 0 Å². The molecule has 5 nitrogen and oxygen atoms in total. The van der Waals surface area contributed by atoms with E-state index in [-0.39, 0.29) is 17.9 Å². The summed E-state index contributed by atoms with van der Waals surface area (Å²) in [5, 5.41) is 6.27. The average Bonchev–Trinajstić information content (AvgIpc) is 3.52. The van der Waals surface area contributed by atoms with E-state index in [0.717, 1.165) is 82.3 Å². The number of allylic oxidation sites excluding steroid dienone is 1. The zero-order valence-electron chi connectivity index (χ0n) is 25.7. The summed E-state index contributed by atoms with van der Waals surface area (Å²) in [6.07, 6.45) is 8.02. The second kappa shape index (κ2) is 16.8. The minimum absolute atomic E-state index is 0.0789. The number of halogens is 3. The first-order valence-electron chi connectivity index (χ1n) is 15.6. The molecule has 44 heavy (non-hydrogen) atoms. The van der Waals surface area contributed by atoms with E-state index in [4.69, 9.17) is 0 Å². The van der Waals surface area contributed by atoms with Gasteiger partial charge in [0.15, 0.2) is 0 Å². The van der Waals surface area contributed by atoms with Crippen LogP contribution >= 0.6 is 23.5 Å². The van der Waals surface area contributed by atoms with Gasteiger partial charge in [-0.05, 0) is 118 Å². The number of alkyl halides is 3. The number of hydrogen-bond donors (Lipinski definition) is 2. The normalized spacial score (nSPS) is 16.4. The number of thioether (sulfide) groups is 2. The van der Waals surface area contributed by atoms with Crippen molar-refractivity contribution in [2.75, 3.05) is 38.7 Å². The molecule has 1 fully saturated rings. The van der Waals surface area contributed by atoms with Crippen molar-refractivity contribution < 1.29 is 22.8 Å². The fourth-order valence-corrected chi connectivity index (χ4v) is 7.53. The van der Waals surface area contributed by atoms with Gasteiger partial charge in [0.1, 0.15) is 0 Å². The maximum Gasteiger partial charge on any atom is 0.416 e. The first kappa shape index (κ1) is 34.4. The number of carbonyl (C=O) groups excluding carboxylic acids is 2. The highest BCUT2D eigenvalue weighted by molar-refractivity contribution is 7.99. The third-order valence-electron chi connectivity index (χ3n) is 8.56. The SMILES string of the molecule is CSc1cccc(SC)c1CCCC(=O)NCCCCN1CCC(NC(=O)C2=C(c3ccc(C(F)(F)F)cc3)CCC2)CC1. The van der Waals surface area contributed by atoms with Crippen molar-refractivity contribution in [3.05, 3.63) is 64.7 Å². The van der Waals surface area contributed by atoms with Crippen molar-refractivity contribution in [2.45, 2.75) is 86.2 Å². The van der Waals surface area contributed by atoms with Crippen LogP contribution in [0.1, 0.15) is 74.5 Å². The number of likely N-dealkylation sites (tertiary alicyclic amines) is 1. The van der Waals surface area contributed by atoms with Gasteiger partial charge >= 0.3 is 6.18 Å². The predicted octanol–water partition coefficient (Wildman–Crippen LogP) is 7.59. The maximum atomic E-state index is 13.1. The van der Waals surface area contributed by atoms with Gasteiger partial charge in [0.25, 0.3) is 0 Å². The Balaban J connectivity index is 1.11. The van der Waals surface area contributed by atoms with E-state index in [1.54, 1.807) is 23.5 Å². The van der Waals surface area contributed by atoms with Gasteiger partial charge in [0, 0.05) is 47.5 Å². The molecule has 1 aliphatic heterocycles. The highest BCUT2D eigenvalue weighted by Gasteiger charge is 2.31. The summed E-state index contributed by atoms with van der Waals surface area (Å²) < 4.78 is 38.8. The van der Waals surface area contributed by atoms with Gasteiger partial charge in [0.2, 0.25) is 11.8 Å². The molecule has 0 spiro atoms. The number of benzene rings is 2. The van der Waals surface area contributed by atoms with Gasteiger partial charge in [-0.1, -0.05) is 18.2 Å². The molecular weight excluding hydrogens is 604 g/mol. The Kier molecular flexibility index (Phi) is 13.1. The van der Waals surface area contributed by atoms with Crippen LogP contribution in [0.4, 0.5) is 13.2 Å². The lowest BCUT2D eigenvalue weighted by Crippen LogP contribution is -2.45. The maximum absolute atomic E-state index is 13.1. The van der Waals surface area contributed by atoms with E-state index in [0.29, 0.717) is 36.9 Å². The number of carbonyl (C=O) groups is 2. The largest absolute Gasteiger partial charge is 0.416 e. The summed E-state index contributed by atoms with van der Waals surface area (Å²) in [6, 6.07) is 11.6. The lowest BCUT2D eigenvalue weighted by atomic mass is 9.99. The third-order valence-corrected chi connectivity index (χ3v) is 10.2. The van der Waals surface area contributed by atoms with E-state index in [2.05, 4.69) is 46.2 Å². The Morgan fingerprint density at radius 3 is 2.25 bits per heavy atom. The lowest BCUT2D eigenvalue weighted by molar-refractivity contribution is -0.137. The van der Waals surface area contributed by atoms with E-state index in [1.165, 1.54) is 27.5 Å². The molecule has 0 atom stereocenters. The van der Waals surface area contributed by atoms with Gasteiger partial charge in [-0.3, -0.25) is 9.59 Å². The number of hydrogen-bond acceptors (Lipinski definition) is 5. The number of piperidine rings is 1. The molecule has 0 unspecified atom stereocenters. The fourth-order valence-electron chi connectivity index (χ4n) is 6.12. The van der Waals surface area contributed by atoms with Crippen molar-refractivity contribution >= 4 is 40.9 Å². The minimum Gasteiger partial charge on any atom is -0.356 e. The van der Waals surface area contributed by atoms with Crippen LogP contribution in [-0.2, 0) is 22.2 Å². The number of rotatable bonds is 14. The molecule has 4 rings (SSSR count). The summed E-state index contributed by atoms with van der Waals surface area (Å²) in [6.45, 7) is 3.50. The molecule has 2 aromatic carbocycles. The highest BCUT2D eigenvalue weighted by atomic mass is 32.2. The smallest absolute Gasteiger partial charge is 0.356 e. The van der Waals surface area contributed by atoms with E-state index in [9.17, 15) is 22.8 Å². The monoisotopic (exact) mass is 647 g/mol. The zero-order chi connectivity index (χ0) is 31.5. The Morgan fingerprint density at radius 2 is 1.61 bits per heavy atom. The Hall–Kier alpha value is -2.43. The fraction of sp³-hybridized carbons (Fsp3) is 0.529. The van der Waals surface area contributed by atoms with E-state index < -0.39 is 11.7 Å². The quantitative estimate of drug-likeness (QED) is 0.164. The molecule has 2 N–H and O–H groups in total. The summed E-state index contributed by atoms with van der Waals surface area (Å²) in [5.74, 6) is 0.0393. The molecule has 1 heterocycles. The summed E-state index contributed by atoms with van der Waals surface area (Å²) in [4.78, 5) is 30.5. The van der Waals surface area contributed by atoms with Crippen LogP contribution in [0.3, 0.4) is 0 Å². The zero-order valence-corrected chi connectivity index (χ0v) is 27.4. The summed E-state index contributed by atoms with van der Waals surface area (Å²) in [7, 11) is 0. The molecule has 2 aliphatic rings. The molecular formula is C34H44F3N3O2S2. The minimum atomic E-state index is -4.37. The highest BCUT2D eigenvalue weighted by Crippen LogP contribution is 2.36. The molecule has 2 aromatic rings. The predicted molar refractivity (Wildman–Crippen MR) is 175 cm³/mol. The van der Waals surface area contributed by atoms with E-state index >= 15 is 0 Å². The molecule has 0 aromatic heterocycles. The molecule has 0 bridgehead atoms. The van der Waals surface area contributed by atoms with Crippen molar-refractivity contribution in [1.29, 1.82) is 0 Å². The van der Waals surface area contributed by atoms with Crippen molar-refractivity contribution in [3.8, 4) is 0 Å². The second-order valence-corrected chi connectivity index (χ2v) is 13.2. The van der Waals surface area contributed by atoms with Crippen molar-refractivity contribution in [1.82, 2.24) is 15.5 Å². The molecule has 10 heteroatoms. The van der Waals surface area contributed by atoms with Crippen LogP contribution in [0, 0.1) is 0 Å². The number of amides is 2. The lowest BCUT2D eigenvalue weighted by Gasteiger charge is -2.32. The number of unbranched alkanes of at least 4 members (excludes halogenated alkanes) is 1. The molecule has 240 valence electrons. The van der Waals surface area contributed by atoms with Gasteiger partial charge in [-0.2, -0.15) is 13.2 Å². The molecule has 1 aliphatic carbocycles. The average molecular weight is 648 g/mol. The Bertz CT molecular complexity index is 1270. The van der Waals surface area contributed by atoms with Crippen LogP contribution in [0.2, 0.25) is 0 Å². The number of nitrogens with zero attached hydrogens (tertiary/aromatic N) is 1. The Labute approximate surface area is 268 Å². The van der Waals surface area contributed by atoms with Crippen molar-refractivity contribution in [3.63, 3.8) is 0 Å². The van der Waals surface area contributed by atoms with Crippen LogP contribution in [0.5, 0.6) is 0 Å². The van der Waals surface area contributed by atoms with Crippen LogP contribution in [0.15, 0.2) is 57.8 Å². The van der Waals surface area contributed by atoms with E-state index in [1.807, 2.05) is 0 Å². The van der Waals surface area contributed by atoms with Gasteiger partial charge in [-0.25, -0.2) is 0 Å². The second-order valence-electron chi connectivity index (χ2n) is 11.5. The summed E-state index contributed by atoms with van der Waals surface area (Å²) in [5.41, 5.74) is 2.96. The molecule has 0 saturated carbocycles. The Morgan fingerprint density at radius 1 is 0.932 bits per heavy atom. The summed E-state index contributed by atoms with van der Waals surface area (Å²) >= 11 is 3.52. The van der Waals surface area contributed by atoms with Crippen LogP contribution in [0.25, 0.3) is 5.57 Å². The number of nitrogens with one attached hydrogen (secondary N) is 2. The first-order valence-corrected chi connectivity index (χ1v) is 18.0. The standard InChI is InChI=1S/C34H44F3N3O2S2/c1-43-30-11-7-12-31(44-2)29(30)10-6-13-32(41)38-20-3-4-21-40-22-18-26(19-23-40)39-33(42)28-9-5-8-27(28)24-14-16-25(17-15-24)34(35,36)37/h7,11-12,14-17,26H,3-6,8-10,13,18-23H2,1-2H3,(H,38,41)(H,39,42). The first-order chi connectivity index (χ1) is 21.2. The van der Waals surface area contributed by atoms with Gasteiger partial charge in [-0.15, -0.1) is 23.5 Å². The topological polar surface area (TPSA) is 61.4 Å². The van der Waals surface area contributed by atoms with Crippen LogP contribution in [-0.4, -0.2) is 61.4 Å². The molecule has 0 radical (unpaired) electrons. The molecule has 2 amide bonds. The van der Waals surface area contributed by atoms with Crippen LogP contribution < -0.4 is 10.6 Å².